The summed E-state index contributed by atoms with van der Waals surface area (Å²) in [5.41, 5.74) is -0.0593. The van der Waals surface area contributed by atoms with Gasteiger partial charge in [0.1, 0.15) is 0 Å². The molecule has 0 saturated heterocycles. The molecule has 0 unspecified atom stereocenters. The first-order valence-electron chi connectivity index (χ1n) is 3.30. The summed E-state index contributed by atoms with van der Waals surface area (Å²) in [6.45, 7) is 0. The van der Waals surface area contributed by atoms with Gasteiger partial charge in [-0.2, -0.15) is 4.99 Å². The Kier molecular flexibility index (Phi) is 3.12. The Labute approximate surface area is 77.9 Å². The predicted octanol–water partition coefficient (Wildman–Crippen LogP) is 3.24. The van der Waals surface area contributed by atoms with Crippen LogP contribution in [-0.4, -0.2) is 6.08 Å². The molecule has 13 heavy (non-hydrogen) atoms. The molecule has 0 bridgehead atoms. The molecule has 5 heteroatoms. The van der Waals surface area contributed by atoms with Crippen LogP contribution in [0.3, 0.4) is 0 Å². The largest absolute Gasteiger partial charge is 0.265 e. The SMILES string of the molecule is O=C=Nc1ccc(C(F)F)c(Cl)c1. The second kappa shape index (κ2) is 4.12. The van der Waals surface area contributed by atoms with Crippen LogP contribution < -0.4 is 0 Å². The molecule has 0 N–H and O–H groups in total. The molecule has 1 rings (SSSR count). The molecular weight excluding hydrogens is 200 g/mol. The fraction of sp³-hybridized carbons (Fsp3) is 0.125. The third-order valence-corrected chi connectivity index (χ3v) is 1.72. The van der Waals surface area contributed by atoms with Crippen LogP contribution in [0.15, 0.2) is 23.2 Å². The Morgan fingerprint density at radius 1 is 1.46 bits per heavy atom. The van der Waals surface area contributed by atoms with Gasteiger partial charge in [0.05, 0.1) is 10.7 Å². The first-order valence-corrected chi connectivity index (χ1v) is 3.68. The quantitative estimate of drug-likeness (QED) is 0.536. The fourth-order valence-corrected chi connectivity index (χ4v) is 1.07. The van der Waals surface area contributed by atoms with Gasteiger partial charge in [0.15, 0.2) is 0 Å². The lowest BCUT2D eigenvalue weighted by atomic mass is 10.2. The summed E-state index contributed by atoms with van der Waals surface area (Å²) in [7, 11) is 0. The lowest BCUT2D eigenvalue weighted by Gasteiger charge is -2.01. The third kappa shape index (κ3) is 2.34. The van der Waals surface area contributed by atoms with E-state index in [0.29, 0.717) is 0 Å². The Morgan fingerprint density at radius 3 is 2.62 bits per heavy atom. The summed E-state index contributed by atoms with van der Waals surface area (Å²) in [5, 5.41) is -0.105. The van der Waals surface area contributed by atoms with Gasteiger partial charge < -0.3 is 0 Å². The second-order valence-electron chi connectivity index (χ2n) is 2.21. The maximum Gasteiger partial charge on any atom is 0.265 e. The Morgan fingerprint density at radius 2 is 2.15 bits per heavy atom. The minimum atomic E-state index is -2.62. The third-order valence-electron chi connectivity index (χ3n) is 1.39. The Bertz CT molecular complexity index is 361. The summed E-state index contributed by atoms with van der Waals surface area (Å²) in [6.07, 6.45) is -1.33. The first-order chi connectivity index (χ1) is 6.15. The smallest absolute Gasteiger partial charge is 0.211 e. The highest BCUT2D eigenvalue weighted by Crippen LogP contribution is 2.29. The molecule has 0 radical (unpaired) electrons. The number of rotatable bonds is 2. The molecule has 0 aliphatic rings. The van der Waals surface area contributed by atoms with Crippen molar-refractivity contribution in [3.8, 4) is 0 Å². The van der Waals surface area contributed by atoms with Crippen molar-refractivity contribution in [2.45, 2.75) is 6.43 Å². The molecule has 0 amide bonds. The number of halogens is 3. The molecule has 0 aliphatic heterocycles. The summed E-state index contributed by atoms with van der Waals surface area (Å²) in [5.74, 6) is 0. The molecule has 0 spiro atoms. The number of nitrogens with zero attached hydrogens (tertiary/aromatic N) is 1. The number of hydrogen-bond acceptors (Lipinski definition) is 2. The van der Waals surface area contributed by atoms with Gasteiger partial charge >= 0.3 is 0 Å². The van der Waals surface area contributed by atoms with Crippen LogP contribution in [0.1, 0.15) is 12.0 Å². The van der Waals surface area contributed by atoms with Gasteiger partial charge in [-0.05, 0) is 18.2 Å². The van der Waals surface area contributed by atoms with Crippen molar-refractivity contribution >= 4 is 23.4 Å². The van der Waals surface area contributed by atoms with E-state index >= 15 is 0 Å². The molecule has 0 aliphatic carbocycles. The van der Waals surface area contributed by atoms with Gasteiger partial charge in [0, 0.05) is 5.56 Å². The van der Waals surface area contributed by atoms with Crippen LogP contribution in [0.4, 0.5) is 14.5 Å². The van der Waals surface area contributed by atoms with Crippen LogP contribution in [0.5, 0.6) is 0 Å². The van der Waals surface area contributed by atoms with Gasteiger partial charge in [0.25, 0.3) is 6.43 Å². The Balaban J connectivity index is 3.12. The van der Waals surface area contributed by atoms with E-state index in [0.717, 1.165) is 6.07 Å². The van der Waals surface area contributed by atoms with Crippen LogP contribution in [-0.2, 0) is 4.79 Å². The lowest BCUT2D eigenvalue weighted by molar-refractivity contribution is 0.151. The van der Waals surface area contributed by atoms with E-state index < -0.39 is 6.43 Å². The van der Waals surface area contributed by atoms with Crippen LogP contribution in [0.2, 0.25) is 5.02 Å². The van der Waals surface area contributed by atoms with Gasteiger partial charge in [-0.1, -0.05) is 11.6 Å². The normalized spacial score (nSPS) is 9.85. The lowest BCUT2D eigenvalue weighted by Crippen LogP contribution is -1.84. The topological polar surface area (TPSA) is 29.4 Å². The van der Waals surface area contributed by atoms with Crippen molar-refractivity contribution in [2.75, 3.05) is 0 Å². The van der Waals surface area contributed by atoms with E-state index in [2.05, 4.69) is 4.99 Å². The molecule has 1 aromatic rings. The van der Waals surface area contributed by atoms with Gasteiger partial charge in [-0.3, -0.25) is 0 Å². The highest BCUT2D eigenvalue weighted by molar-refractivity contribution is 6.31. The molecule has 0 aromatic heterocycles. The van der Waals surface area contributed by atoms with Gasteiger partial charge in [-0.25, -0.2) is 13.6 Å². The van der Waals surface area contributed by atoms with Crippen LogP contribution in [0.25, 0.3) is 0 Å². The zero-order valence-corrected chi connectivity index (χ0v) is 7.05. The van der Waals surface area contributed by atoms with Crippen LogP contribution >= 0.6 is 11.6 Å². The number of hydrogen-bond donors (Lipinski definition) is 0. The zero-order chi connectivity index (χ0) is 9.84. The van der Waals surface area contributed by atoms with Crippen molar-refractivity contribution < 1.29 is 13.6 Å². The molecule has 0 atom stereocenters. The van der Waals surface area contributed by atoms with Crippen molar-refractivity contribution in [1.29, 1.82) is 0 Å². The second-order valence-corrected chi connectivity index (χ2v) is 2.62. The van der Waals surface area contributed by atoms with Crippen molar-refractivity contribution in [3.63, 3.8) is 0 Å². The van der Waals surface area contributed by atoms with E-state index in [1.54, 1.807) is 0 Å². The standard InChI is InChI=1S/C8H4ClF2NO/c9-7-3-5(12-4-13)1-2-6(7)8(10)11/h1-3,8H. The van der Waals surface area contributed by atoms with Crippen molar-refractivity contribution in [3.05, 3.63) is 28.8 Å². The number of carbonyl (C=O) groups excluding carboxylic acids is 1. The highest BCUT2D eigenvalue weighted by Gasteiger charge is 2.11. The number of alkyl halides is 2. The minimum Gasteiger partial charge on any atom is -0.211 e. The predicted molar refractivity (Wildman–Crippen MR) is 44.2 cm³/mol. The molecule has 0 heterocycles. The molecule has 0 saturated carbocycles. The number of isocyanates is 1. The summed E-state index contributed by atoms with van der Waals surface area (Å²) in [6, 6.07) is 3.59. The summed E-state index contributed by atoms with van der Waals surface area (Å²) >= 11 is 5.49. The zero-order valence-electron chi connectivity index (χ0n) is 6.30. The monoisotopic (exact) mass is 203 g/mol. The average molecular weight is 204 g/mol. The maximum absolute atomic E-state index is 12.2. The van der Waals surface area contributed by atoms with Crippen molar-refractivity contribution in [1.82, 2.24) is 0 Å². The molecule has 0 fully saturated rings. The Hall–Kier alpha value is -1.25. The first kappa shape index (κ1) is 9.84. The van der Waals surface area contributed by atoms with E-state index in [1.807, 2.05) is 0 Å². The number of aliphatic imine (C=N–C) groups is 1. The minimum absolute atomic E-state index is 0.105. The summed E-state index contributed by atoms with van der Waals surface area (Å²) < 4.78 is 24.3. The van der Waals surface area contributed by atoms with Gasteiger partial charge in [-0.15, -0.1) is 0 Å². The van der Waals surface area contributed by atoms with E-state index in [9.17, 15) is 13.6 Å². The van der Waals surface area contributed by atoms with Crippen LogP contribution in [0, 0.1) is 0 Å². The maximum atomic E-state index is 12.2. The molecular formula is C8H4ClF2NO. The molecule has 2 nitrogen and oxygen atoms in total. The average Bonchev–Trinajstić information content (AvgIpc) is 2.04. The van der Waals surface area contributed by atoms with Crippen molar-refractivity contribution in [2.24, 2.45) is 4.99 Å². The molecule has 68 valence electrons. The highest BCUT2D eigenvalue weighted by atomic mass is 35.5. The van der Waals surface area contributed by atoms with Gasteiger partial charge in [0.2, 0.25) is 6.08 Å². The fourth-order valence-electron chi connectivity index (χ4n) is 0.815. The summed E-state index contributed by atoms with van der Waals surface area (Å²) in [4.78, 5) is 13.1. The van der Waals surface area contributed by atoms with E-state index in [4.69, 9.17) is 11.6 Å². The van der Waals surface area contributed by atoms with E-state index in [-0.39, 0.29) is 16.3 Å². The van der Waals surface area contributed by atoms with E-state index in [1.165, 1.54) is 18.2 Å². The molecule has 1 aromatic carbocycles. The number of benzene rings is 1.